The van der Waals surface area contributed by atoms with E-state index >= 15 is 0 Å². The molecule has 0 aliphatic heterocycles. The summed E-state index contributed by atoms with van der Waals surface area (Å²) >= 11 is 4.74. The van der Waals surface area contributed by atoms with Gasteiger partial charge in [-0.1, -0.05) is 0 Å². The molecular weight excluding hydrogens is 390 g/mol. The van der Waals surface area contributed by atoms with Crippen LogP contribution in [0.3, 0.4) is 0 Å². The highest BCUT2D eigenvalue weighted by atomic mass is 79.9. The molecule has 122 valence electrons. The van der Waals surface area contributed by atoms with Crippen molar-refractivity contribution in [3.05, 3.63) is 33.6 Å². The Morgan fingerprint density at radius 1 is 1.39 bits per heavy atom. The summed E-state index contributed by atoms with van der Waals surface area (Å²) in [5.74, 6) is -2.55. The number of hydrogen-bond donors (Lipinski definition) is 1. The molecule has 1 saturated carbocycles. The van der Waals surface area contributed by atoms with Crippen LogP contribution in [0.4, 0.5) is 8.78 Å². The first-order valence-electron chi connectivity index (χ1n) is 7.10. The second kappa shape index (κ2) is 6.60. The average molecular weight is 403 g/mol. The van der Waals surface area contributed by atoms with Crippen LogP contribution in [-0.4, -0.2) is 27.2 Å². The molecule has 2 aromatic rings. The predicted octanol–water partition coefficient (Wildman–Crippen LogP) is 4.41. The van der Waals surface area contributed by atoms with Gasteiger partial charge in [-0.05, 0) is 47.3 Å². The van der Waals surface area contributed by atoms with Crippen molar-refractivity contribution >= 4 is 33.2 Å². The predicted molar refractivity (Wildman–Crippen MR) is 85.6 cm³/mol. The zero-order valence-corrected chi connectivity index (χ0v) is 14.3. The van der Waals surface area contributed by atoms with Gasteiger partial charge in [0.15, 0.2) is 0 Å². The summed E-state index contributed by atoms with van der Waals surface area (Å²) in [6.07, 6.45) is 0.814. The quantitative estimate of drug-likeness (QED) is 0.825. The first kappa shape index (κ1) is 16.4. The van der Waals surface area contributed by atoms with Crippen LogP contribution < -0.4 is 0 Å². The number of halogens is 3. The summed E-state index contributed by atoms with van der Waals surface area (Å²) < 4.78 is 27.2. The van der Waals surface area contributed by atoms with Crippen molar-refractivity contribution in [2.75, 3.05) is 0 Å². The number of alkyl halides is 1. The SMILES string of the molecule is O=C(O)C1CC(F)CCC1c1nc(-c2ccc(F)cn2)sc1Br. The van der Waals surface area contributed by atoms with Gasteiger partial charge in [-0.2, -0.15) is 0 Å². The van der Waals surface area contributed by atoms with E-state index in [0.717, 1.165) is 6.20 Å². The van der Waals surface area contributed by atoms with Gasteiger partial charge in [0.25, 0.3) is 0 Å². The van der Waals surface area contributed by atoms with Crippen molar-refractivity contribution in [3.8, 4) is 10.7 Å². The zero-order valence-electron chi connectivity index (χ0n) is 11.9. The Morgan fingerprint density at radius 2 is 2.17 bits per heavy atom. The standard InChI is InChI=1S/C15H13BrF2N2O2S/c16-13-12(9-3-1-7(17)5-10(9)15(21)22)20-14(23-13)11-4-2-8(18)6-19-11/h2,4,6-7,9-10H,1,3,5H2,(H,21,22). The Bertz CT molecular complexity index is 723. The van der Waals surface area contributed by atoms with E-state index in [1.165, 1.54) is 23.5 Å². The van der Waals surface area contributed by atoms with Gasteiger partial charge in [0.2, 0.25) is 0 Å². The third kappa shape index (κ3) is 3.42. The maximum Gasteiger partial charge on any atom is 0.307 e. The fourth-order valence-electron chi connectivity index (χ4n) is 2.87. The Balaban J connectivity index is 1.93. The van der Waals surface area contributed by atoms with Crippen molar-refractivity contribution in [1.82, 2.24) is 9.97 Å². The summed E-state index contributed by atoms with van der Waals surface area (Å²) in [5.41, 5.74) is 1.14. The van der Waals surface area contributed by atoms with E-state index in [4.69, 9.17) is 0 Å². The molecular formula is C15H13BrF2N2O2S. The number of hydrogen-bond acceptors (Lipinski definition) is 4. The first-order chi connectivity index (χ1) is 11.0. The third-order valence-corrected chi connectivity index (χ3v) is 5.78. The number of thiazole rings is 1. The van der Waals surface area contributed by atoms with Gasteiger partial charge in [0.1, 0.15) is 17.0 Å². The van der Waals surface area contributed by atoms with Crippen molar-refractivity contribution in [1.29, 1.82) is 0 Å². The highest BCUT2D eigenvalue weighted by molar-refractivity contribution is 9.11. The summed E-state index contributed by atoms with van der Waals surface area (Å²) in [6, 6.07) is 2.82. The van der Waals surface area contributed by atoms with Crippen LogP contribution in [0.1, 0.15) is 30.9 Å². The number of carbonyl (C=O) groups is 1. The summed E-state index contributed by atoms with van der Waals surface area (Å²) in [6.45, 7) is 0. The lowest BCUT2D eigenvalue weighted by Gasteiger charge is -2.29. The van der Waals surface area contributed by atoms with Gasteiger partial charge >= 0.3 is 5.97 Å². The number of rotatable bonds is 3. The number of carboxylic acids is 1. The molecule has 1 fully saturated rings. The van der Waals surface area contributed by atoms with Gasteiger partial charge in [-0.15, -0.1) is 11.3 Å². The largest absolute Gasteiger partial charge is 0.481 e. The normalized spacial score (nSPS) is 24.6. The van der Waals surface area contributed by atoms with Crippen LogP contribution in [0, 0.1) is 11.7 Å². The van der Waals surface area contributed by atoms with E-state index in [0.29, 0.717) is 33.0 Å². The number of nitrogens with zero attached hydrogens (tertiary/aromatic N) is 2. The molecule has 23 heavy (non-hydrogen) atoms. The highest BCUT2D eigenvalue weighted by Crippen LogP contribution is 2.44. The van der Waals surface area contributed by atoms with Crippen LogP contribution in [0.5, 0.6) is 0 Å². The molecule has 0 saturated heterocycles. The van der Waals surface area contributed by atoms with Crippen LogP contribution in [0.25, 0.3) is 10.7 Å². The monoisotopic (exact) mass is 402 g/mol. The maximum absolute atomic E-state index is 13.6. The van der Waals surface area contributed by atoms with Crippen LogP contribution in [0.15, 0.2) is 22.1 Å². The number of carboxylic acid groups (broad SMARTS) is 1. The van der Waals surface area contributed by atoms with Crippen molar-refractivity contribution in [3.63, 3.8) is 0 Å². The van der Waals surface area contributed by atoms with Gasteiger partial charge in [0.05, 0.1) is 27.3 Å². The molecule has 4 nitrogen and oxygen atoms in total. The Kier molecular flexibility index (Phi) is 4.72. The fraction of sp³-hybridized carbons (Fsp3) is 0.400. The third-order valence-electron chi connectivity index (χ3n) is 4.01. The lowest BCUT2D eigenvalue weighted by atomic mass is 9.77. The second-order valence-electron chi connectivity index (χ2n) is 5.50. The smallest absolute Gasteiger partial charge is 0.307 e. The Morgan fingerprint density at radius 3 is 2.83 bits per heavy atom. The molecule has 0 spiro atoms. The Hall–Kier alpha value is -1.41. The van der Waals surface area contributed by atoms with Crippen LogP contribution >= 0.6 is 27.3 Å². The van der Waals surface area contributed by atoms with E-state index in [2.05, 4.69) is 25.9 Å². The number of aromatic nitrogens is 2. The van der Waals surface area contributed by atoms with Gasteiger partial charge in [-0.25, -0.2) is 13.8 Å². The molecule has 0 aromatic carbocycles. The summed E-state index contributed by atoms with van der Waals surface area (Å²) in [4.78, 5) is 19.9. The first-order valence-corrected chi connectivity index (χ1v) is 8.71. The van der Waals surface area contributed by atoms with E-state index in [1.54, 1.807) is 0 Å². The number of pyridine rings is 1. The molecule has 0 bridgehead atoms. The second-order valence-corrected chi connectivity index (χ2v) is 7.82. The lowest BCUT2D eigenvalue weighted by Crippen LogP contribution is -2.30. The minimum atomic E-state index is -1.08. The fourth-order valence-corrected chi connectivity index (χ4v) is 4.56. The minimum absolute atomic E-state index is 0.00803. The van der Waals surface area contributed by atoms with Gasteiger partial charge in [0, 0.05) is 5.92 Å². The molecule has 2 aromatic heterocycles. The van der Waals surface area contributed by atoms with Crippen molar-refractivity contribution in [2.45, 2.75) is 31.4 Å². The minimum Gasteiger partial charge on any atom is -0.481 e. The number of aliphatic carboxylic acids is 1. The molecule has 8 heteroatoms. The van der Waals surface area contributed by atoms with E-state index < -0.39 is 23.9 Å². The van der Waals surface area contributed by atoms with Crippen LogP contribution in [0.2, 0.25) is 0 Å². The molecule has 2 heterocycles. The van der Waals surface area contributed by atoms with E-state index in [-0.39, 0.29) is 12.3 Å². The van der Waals surface area contributed by atoms with Crippen LogP contribution in [-0.2, 0) is 4.79 Å². The van der Waals surface area contributed by atoms with Crippen molar-refractivity contribution in [2.24, 2.45) is 5.92 Å². The van der Waals surface area contributed by atoms with Crippen molar-refractivity contribution < 1.29 is 18.7 Å². The molecule has 1 aliphatic carbocycles. The molecule has 1 aliphatic rings. The summed E-state index contributed by atoms with van der Waals surface area (Å²) in [7, 11) is 0. The van der Waals surface area contributed by atoms with Gasteiger partial charge < -0.3 is 5.11 Å². The molecule has 3 atom stereocenters. The van der Waals surface area contributed by atoms with E-state index in [1.807, 2.05) is 0 Å². The topological polar surface area (TPSA) is 63.1 Å². The Labute approximate surface area is 143 Å². The summed E-state index contributed by atoms with van der Waals surface area (Å²) in [5, 5.41) is 9.95. The zero-order chi connectivity index (χ0) is 16.6. The molecule has 3 rings (SSSR count). The lowest BCUT2D eigenvalue weighted by molar-refractivity contribution is -0.144. The van der Waals surface area contributed by atoms with Gasteiger partial charge in [-0.3, -0.25) is 9.78 Å². The average Bonchev–Trinajstić information content (AvgIpc) is 2.89. The van der Waals surface area contributed by atoms with E-state index in [9.17, 15) is 18.7 Å². The molecule has 1 N–H and O–H groups in total. The highest BCUT2D eigenvalue weighted by Gasteiger charge is 2.38. The maximum atomic E-state index is 13.6. The molecule has 3 unspecified atom stereocenters. The molecule has 0 amide bonds. The molecule has 0 radical (unpaired) electrons.